The highest BCUT2D eigenvalue weighted by Crippen LogP contribution is 2.20. The number of hydrogen-bond acceptors (Lipinski definition) is 4. The van der Waals surface area contributed by atoms with E-state index in [4.69, 9.17) is 0 Å². The number of carbonyl (C=O) groups excluding carboxylic acids is 2. The zero-order chi connectivity index (χ0) is 22.4. The third-order valence-corrected chi connectivity index (χ3v) is 7.24. The van der Waals surface area contributed by atoms with Crippen molar-refractivity contribution in [3.05, 3.63) is 59.7 Å². The van der Waals surface area contributed by atoms with E-state index < -0.39 is 15.9 Å². The van der Waals surface area contributed by atoms with Crippen LogP contribution in [0.25, 0.3) is 0 Å². The van der Waals surface area contributed by atoms with E-state index >= 15 is 0 Å². The van der Waals surface area contributed by atoms with Crippen molar-refractivity contribution in [2.24, 2.45) is 0 Å². The highest BCUT2D eigenvalue weighted by atomic mass is 32.2. The molecular weight excluding hydrogens is 414 g/mol. The molecule has 1 aliphatic heterocycles. The number of likely N-dealkylation sites (tertiary alicyclic amines) is 1. The number of rotatable bonds is 6. The Morgan fingerprint density at radius 2 is 1.58 bits per heavy atom. The fourth-order valence-corrected chi connectivity index (χ4v) is 4.72. The van der Waals surface area contributed by atoms with Crippen LogP contribution in [0.3, 0.4) is 0 Å². The number of hydrogen-bond donors (Lipinski definition) is 1. The second-order valence-electron chi connectivity index (χ2n) is 7.87. The average molecular weight is 444 g/mol. The number of para-hydroxylation sites is 1. The summed E-state index contributed by atoms with van der Waals surface area (Å²) in [6.45, 7) is 2.93. The van der Waals surface area contributed by atoms with E-state index in [-0.39, 0.29) is 17.3 Å². The summed E-state index contributed by atoms with van der Waals surface area (Å²) in [6.07, 6.45) is 4.18. The van der Waals surface area contributed by atoms with Gasteiger partial charge >= 0.3 is 0 Å². The molecule has 0 aromatic heterocycles. The van der Waals surface area contributed by atoms with Crippen LogP contribution in [-0.4, -0.2) is 56.1 Å². The standard InChI is InChI=1S/C23H29N3O4S/c1-18-11-13-19(14-12-18)31(29,30)25(2)17-22(27)24-21-10-6-5-9-20(21)23(28)26-15-7-3-4-8-16-26/h5-6,9-14H,3-4,7-8,15-17H2,1-2H3,(H,24,27). The number of anilines is 1. The summed E-state index contributed by atoms with van der Waals surface area (Å²) < 4.78 is 26.5. The molecule has 8 heteroatoms. The zero-order valence-electron chi connectivity index (χ0n) is 18.0. The van der Waals surface area contributed by atoms with Gasteiger partial charge in [0.25, 0.3) is 5.91 Å². The van der Waals surface area contributed by atoms with Gasteiger partial charge in [-0.15, -0.1) is 0 Å². The maximum absolute atomic E-state index is 13.0. The molecule has 2 amide bonds. The summed E-state index contributed by atoms with van der Waals surface area (Å²) >= 11 is 0. The van der Waals surface area contributed by atoms with Crippen LogP contribution in [-0.2, 0) is 14.8 Å². The van der Waals surface area contributed by atoms with Crippen molar-refractivity contribution < 1.29 is 18.0 Å². The molecule has 1 aliphatic rings. The van der Waals surface area contributed by atoms with Gasteiger partial charge in [-0.05, 0) is 44.0 Å². The number of nitrogens with one attached hydrogen (secondary N) is 1. The van der Waals surface area contributed by atoms with Gasteiger partial charge in [-0.1, -0.05) is 42.7 Å². The predicted molar refractivity (Wildman–Crippen MR) is 120 cm³/mol. The molecule has 0 radical (unpaired) electrons. The lowest BCUT2D eigenvalue weighted by Crippen LogP contribution is -2.36. The largest absolute Gasteiger partial charge is 0.339 e. The number of carbonyl (C=O) groups is 2. The Labute approximate surface area is 184 Å². The molecule has 0 atom stereocenters. The van der Waals surface area contributed by atoms with E-state index in [2.05, 4.69) is 5.32 Å². The summed E-state index contributed by atoms with van der Waals surface area (Å²) in [5.41, 5.74) is 1.76. The highest BCUT2D eigenvalue weighted by molar-refractivity contribution is 7.89. The maximum Gasteiger partial charge on any atom is 0.255 e. The van der Waals surface area contributed by atoms with Crippen LogP contribution in [0, 0.1) is 6.92 Å². The second-order valence-corrected chi connectivity index (χ2v) is 9.92. The number of sulfonamides is 1. The van der Waals surface area contributed by atoms with Gasteiger partial charge in [0, 0.05) is 20.1 Å². The molecule has 0 bridgehead atoms. The lowest BCUT2D eigenvalue weighted by atomic mass is 10.1. The highest BCUT2D eigenvalue weighted by Gasteiger charge is 2.24. The fourth-order valence-electron chi connectivity index (χ4n) is 3.59. The van der Waals surface area contributed by atoms with Crippen LogP contribution in [0.15, 0.2) is 53.4 Å². The zero-order valence-corrected chi connectivity index (χ0v) is 18.8. The summed E-state index contributed by atoms with van der Waals surface area (Å²) in [5.74, 6) is -0.618. The minimum absolute atomic E-state index is 0.113. The first-order chi connectivity index (χ1) is 14.8. The van der Waals surface area contributed by atoms with Crippen LogP contribution >= 0.6 is 0 Å². The van der Waals surface area contributed by atoms with Gasteiger partial charge in [0.2, 0.25) is 15.9 Å². The molecule has 1 N–H and O–H groups in total. The molecule has 2 aromatic rings. The third-order valence-electron chi connectivity index (χ3n) is 5.42. The van der Waals surface area contributed by atoms with E-state index in [1.807, 2.05) is 11.8 Å². The summed E-state index contributed by atoms with van der Waals surface area (Å²) in [7, 11) is -2.43. The van der Waals surface area contributed by atoms with Crippen molar-refractivity contribution in [2.75, 3.05) is 32.0 Å². The third kappa shape index (κ3) is 5.71. The number of aryl methyl sites for hydroxylation is 1. The van der Waals surface area contributed by atoms with Crippen LogP contribution < -0.4 is 5.32 Å². The molecule has 0 unspecified atom stereocenters. The van der Waals surface area contributed by atoms with Gasteiger partial charge in [0.15, 0.2) is 0 Å². The molecule has 166 valence electrons. The molecular formula is C23H29N3O4S. The molecule has 1 fully saturated rings. The van der Waals surface area contributed by atoms with Crippen molar-refractivity contribution >= 4 is 27.5 Å². The number of benzene rings is 2. The van der Waals surface area contributed by atoms with Crippen LogP contribution in [0.5, 0.6) is 0 Å². The summed E-state index contributed by atoms with van der Waals surface area (Å²) in [4.78, 5) is 27.6. The smallest absolute Gasteiger partial charge is 0.255 e. The molecule has 7 nitrogen and oxygen atoms in total. The molecule has 3 rings (SSSR count). The lowest BCUT2D eigenvalue weighted by Gasteiger charge is -2.22. The van der Waals surface area contributed by atoms with Gasteiger partial charge in [0.1, 0.15) is 0 Å². The first-order valence-electron chi connectivity index (χ1n) is 10.5. The Hall–Kier alpha value is -2.71. The van der Waals surface area contributed by atoms with E-state index in [1.54, 1.807) is 36.4 Å². The van der Waals surface area contributed by atoms with E-state index in [0.29, 0.717) is 24.3 Å². The first kappa shape index (κ1) is 23.0. The number of amides is 2. The van der Waals surface area contributed by atoms with E-state index in [1.165, 1.54) is 19.2 Å². The fraction of sp³-hybridized carbons (Fsp3) is 0.391. The average Bonchev–Trinajstić information content (AvgIpc) is 3.03. The molecule has 1 saturated heterocycles. The van der Waals surface area contributed by atoms with Crippen molar-refractivity contribution in [3.8, 4) is 0 Å². The van der Waals surface area contributed by atoms with E-state index in [0.717, 1.165) is 35.6 Å². The molecule has 0 spiro atoms. The molecule has 0 aliphatic carbocycles. The summed E-state index contributed by atoms with van der Waals surface area (Å²) in [6, 6.07) is 13.3. The Kier molecular flexibility index (Phi) is 7.46. The lowest BCUT2D eigenvalue weighted by molar-refractivity contribution is -0.116. The van der Waals surface area contributed by atoms with Crippen LogP contribution in [0.1, 0.15) is 41.6 Å². The SMILES string of the molecule is Cc1ccc(S(=O)(=O)N(C)CC(=O)Nc2ccccc2C(=O)N2CCCCCC2)cc1. The van der Waals surface area contributed by atoms with Crippen molar-refractivity contribution in [1.82, 2.24) is 9.21 Å². The molecule has 2 aromatic carbocycles. The Balaban J connectivity index is 1.70. The van der Waals surface area contributed by atoms with Crippen LogP contribution in [0.2, 0.25) is 0 Å². The molecule has 31 heavy (non-hydrogen) atoms. The molecule has 1 heterocycles. The monoisotopic (exact) mass is 443 g/mol. The Morgan fingerprint density at radius 1 is 0.968 bits per heavy atom. The normalized spacial score (nSPS) is 14.9. The topological polar surface area (TPSA) is 86.8 Å². The van der Waals surface area contributed by atoms with E-state index in [9.17, 15) is 18.0 Å². The van der Waals surface area contributed by atoms with Gasteiger partial charge in [-0.2, -0.15) is 4.31 Å². The van der Waals surface area contributed by atoms with Crippen molar-refractivity contribution in [1.29, 1.82) is 0 Å². The number of likely N-dealkylation sites (N-methyl/N-ethyl adjacent to an activating group) is 1. The summed E-state index contributed by atoms with van der Waals surface area (Å²) in [5, 5.41) is 2.72. The van der Waals surface area contributed by atoms with Crippen LogP contribution in [0.4, 0.5) is 5.69 Å². The van der Waals surface area contributed by atoms with Gasteiger partial charge in [-0.3, -0.25) is 9.59 Å². The number of nitrogens with zero attached hydrogens (tertiary/aromatic N) is 2. The predicted octanol–water partition coefficient (Wildman–Crippen LogP) is 3.27. The first-order valence-corrected chi connectivity index (χ1v) is 11.9. The minimum atomic E-state index is -3.79. The quantitative estimate of drug-likeness (QED) is 0.742. The van der Waals surface area contributed by atoms with Crippen molar-refractivity contribution in [3.63, 3.8) is 0 Å². The Morgan fingerprint density at radius 3 is 2.23 bits per heavy atom. The Bertz CT molecular complexity index is 1030. The van der Waals surface area contributed by atoms with Crippen molar-refractivity contribution in [2.45, 2.75) is 37.5 Å². The minimum Gasteiger partial charge on any atom is -0.339 e. The van der Waals surface area contributed by atoms with Gasteiger partial charge in [-0.25, -0.2) is 8.42 Å². The second kappa shape index (κ2) is 10.1. The molecule has 0 saturated carbocycles. The van der Waals surface area contributed by atoms with Gasteiger partial charge in [0.05, 0.1) is 22.7 Å². The maximum atomic E-state index is 13.0. The van der Waals surface area contributed by atoms with Gasteiger partial charge < -0.3 is 10.2 Å².